The molecular formula is C18H24FN3O2. The molecule has 1 N–H and O–H groups in total. The fraction of sp³-hybridized carbons (Fsp3) is 0.667. The highest BCUT2D eigenvalue weighted by molar-refractivity contribution is 5.81. The molecular weight excluding hydrogens is 309 g/mol. The Morgan fingerprint density at radius 2 is 2.21 bits per heavy atom. The number of halogens is 1. The number of nitrogens with zero attached hydrogens (tertiary/aromatic N) is 3. The minimum absolute atomic E-state index is 0.0848. The number of pyridine rings is 1. The Bertz CT molecular complexity index is 636. The van der Waals surface area contributed by atoms with E-state index in [4.69, 9.17) is 0 Å². The molecule has 3 fully saturated rings. The second kappa shape index (κ2) is 6.08. The van der Waals surface area contributed by atoms with Crippen molar-refractivity contribution in [2.45, 2.75) is 25.8 Å². The summed E-state index contributed by atoms with van der Waals surface area (Å²) in [5, 5.41) is 10.1. The lowest BCUT2D eigenvalue weighted by molar-refractivity contribution is -0.137. The smallest absolute Gasteiger partial charge is 0.225 e. The van der Waals surface area contributed by atoms with E-state index in [-0.39, 0.29) is 29.7 Å². The molecule has 1 amide bonds. The summed E-state index contributed by atoms with van der Waals surface area (Å²) in [5.41, 5.74) is 0.384. The molecule has 6 heteroatoms. The van der Waals surface area contributed by atoms with Crippen molar-refractivity contribution in [1.82, 2.24) is 14.8 Å². The van der Waals surface area contributed by atoms with E-state index in [0.29, 0.717) is 31.1 Å². The number of piperidine rings is 1. The van der Waals surface area contributed by atoms with Crippen molar-refractivity contribution in [3.63, 3.8) is 0 Å². The van der Waals surface area contributed by atoms with Gasteiger partial charge in [0.15, 0.2) is 0 Å². The van der Waals surface area contributed by atoms with Crippen LogP contribution in [-0.4, -0.2) is 58.6 Å². The molecule has 0 radical (unpaired) electrons. The first-order chi connectivity index (χ1) is 11.6. The van der Waals surface area contributed by atoms with Crippen LogP contribution in [0.15, 0.2) is 18.5 Å². The minimum atomic E-state index is -0.282. The fourth-order valence-electron chi connectivity index (χ4n) is 4.39. The van der Waals surface area contributed by atoms with Gasteiger partial charge in [0, 0.05) is 55.8 Å². The Balaban J connectivity index is 1.47. The molecule has 24 heavy (non-hydrogen) atoms. The first-order valence-corrected chi connectivity index (χ1v) is 8.82. The van der Waals surface area contributed by atoms with Gasteiger partial charge in [0.2, 0.25) is 5.91 Å². The van der Waals surface area contributed by atoms with Crippen LogP contribution in [0.1, 0.15) is 24.8 Å². The molecule has 3 aliphatic rings. The molecule has 2 aliphatic heterocycles. The molecule has 1 aliphatic carbocycles. The van der Waals surface area contributed by atoms with Crippen molar-refractivity contribution in [2.24, 2.45) is 17.3 Å². The van der Waals surface area contributed by atoms with Crippen LogP contribution in [0.3, 0.4) is 0 Å². The van der Waals surface area contributed by atoms with Crippen LogP contribution >= 0.6 is 0 Å². The number of carbonyl (C=O) groups excluding carboxylic acids is 1. The van der Waals surface area contributed by atoms with E-state index < -0.39 is 0 Å². The monoisotopic (exact) mass is 333 g/mol. The standard InChI is InChI=1S/C18H24FN3O2/c19-16-7-20-5-3-14(16)8-21-9-15-4-6-22(17(24)13-1-2-13)11-18(15,10-21)12-23/h3,5,7,13,15,23H,1-2,4,6,8-12H2/t15-,18-/m0/s1. The predicted molar refractivity (Wildman–Crippen MR) is 86.4 cm³/mol. The summed E-state index contributed by atoms with van der Waals surface area (Å²) in [6.45, 7) is 3.61. The Kier molecular flexibility index (Phi) is 4.04. The summed E-state index contributed by atoms with van der Waals surface area (Å²) in [4.78, 5) is 20.4. The van der Waals surface area contributed by atoms with E-state index >= 15 is 0 Å². The van der Waals surface area contributed by atoms with E-state index in [2.05, 4.69) is 9.88 Å². The molecule has 0 bridgehead atoms. The number of aliphatic hydroxyl groups excluding tert-OH is 1. The lowest BCUT2D eigenvalue weighted by Crippen LogP contribution is -2.53. The van der Waals surface area contributed by atoms with E-state index in [1.807, 2.05) is 4.90 Å². The van der Waals surface area contributed by atoms with E-state index in [1.165, 1.54) is 6.20 Å². The lowest BCUT2D eigenvalue weighted by Gasteiger charge is -2.43. The summed E-state index contributed by atoms with van der Waals surface area (Å²) in [7, 11) is 0. The third-order valence-corrected chi connectivity index (χ3v) is 5.94. The molecule has 1 aromatic rings. The molecule has 0 aromatic carbocycles. The van der Waals surface area contributed by atoms with Gasteiger partial charge in [0.25, 0.3) is 0 Å². The van der Waals surface area contributed by atoms with Gasteiger partial charge in [-0.1, -0.05) is 0 Å². The van der Waals surface area contributed by atoms with Crippen molar-refractivity contribution in [3.8, 4) is 0 Å². The zero-order chi connectivity index (χ0) is 16.7. The van der Waals surface area contributed by atoms with Crippen LogP contribution in [-0.2, 0) is 11.3 Å². The van der Waals surface area contributed by atoms with Crippen molar-refractivity contribution >= 4 is 5.91 Å². The highest BCUT2D eigenvalue weighted by atomic mass is 19.1. The number of aromatic nitrogens is 1. The number of fused-ring (bicyclic) bond motifs is 1. The zero-order valence-electron chi connectivity index (χ0n) is 13.8. The first-order valence-electron chi connectivity index (χ1n) is 8.82. The van der Waals surface area contributed by atoms with Gasteiger partial charge in [-0.3, -0.25) is 14.7 Å². The van der Waals surface area contributed by atoms with Crippen molar-refractivity contribution in [1.29, 1.82) is 0 Å². The molecule has 1 aromatic heterocycles. The summed E-state index contributed by atoms with van der Waals surface area (Å²) in [6, 6.07) is 1.71. The van der Waals surface area contributed by atoms with Crippen molar-refractivity contribution in [3.05, 3.63) is 29.8 Å². The van der Waals surface area contributed by atoms with Crippen LogP contribution in [0.25, 0.3) is 0 Å². The van der Waals surface area contributed by atoms with E-state index in [9.17, 15) is 14.3 Å². The second-order valence-electron chi connectivity index (χ2n) is 7.68. The summed E-state index contributed by atoms with van der Waals surface area (Å²) in [5.74, 6) is 0.576. The molecule has 1 saturated carbocycles. The lowest BCUT2D eigenvalue weighted by atomic mass is 9.74. The molecule has 5 nitrogen and oxygen atoms in total. The SMILES string of the molecule is O=C(C1CC1)N1CC[C@H]2CN(Cc3ccncc3F)C[C@@]2(CO)C1. The van der Waals surface area contributed by atoms with Crippen LogP contribution in [0.5, 0.6) is 0 Å². The molecule has 130 valence electrons. The normalized spacial score (nSPS) is 30.4. The van der Waals surface area contributed by atoms with Crippen LogP contribution in [0, 0.1) is 23.1 Å². The number of hydrogen-bond acceptors (Lipinski definition) is 4. The number of likely N-dealkylation sites (tertiary alicyclic amines) is 2. The Morgan fingerprint density at radius 1 is 1.38 bits per heavy atom. The quantitative estimate of drug-likeness (QED) is 0.902. The maximum atomic E-state index is 13.9. The summed E-state index contributed by atoms with van der Waals surface area (Å²) in [6.07, 6.45) is 5.81. The predicted octanol–water partition coefficient (Wildman–Crippen LogP) is 1.27. The topological polar surface area (TPSA) is 56.7 Å². The fourth-order valence-corrected chi connectivity index (χ4v) is 4.39. The zero-order valence-corrected chi connectivity index (χ0v) is 13.8. The molecule has 0 spiro atoms. The molecule has 3 heterocycles. The number of amides is 1. The highest BCUT2D eigenvalue weighted by Gasteiger charge is 2.51. The maximum Gasteiger partial charge on any atom is 0.225 e. The Labute approximate surface area is 141 Å². The van der Waals surface area contributed by atoms with Gasteiger partial charge >= 0.3 is 0 Å². The average Bonchev–Trinajstić information content (AvgIpc) is 3.37. The summed E-state index contributed by atoms with van der Waals surface area (Å²) >= 11 is 0. The van der Waals surface area contributed by atoms with Gasteiger partial charge in [-0.2, -0.15) is 0 Å². The highest BCUT2D eigenvalue weighted by Crippen LogP contribution is 2.43. The molecule has 4 rings (SSSR count). The van der Waals surface area contributed by atoms with Crippen molar-refractivity contribution < 1.29 is 14.3 Å². The van der Waals surface area contributed by atoms with Gasteiger partial charge in [-0.25, -0.2) is 4.39 Å². The maximum absolute atomic E-state index is 13.9. The summed E-state index contributed by atoms with van der Waals surface area (Å²) < 4.78 is 13.9. The van der Waals surface area contributed by atoms with Crippen LogP contribution < -0.4 is 0 Å². The van der Waals surface area contributed by atoms with Gasteiger partial charge < -0.3 is 10.0 Å². The Morgan fingerprint density at radius 3 is 2.92 bits per heavy atom. The van der Waals surface area contributed by atoms with Gasteiger partial charge in [-0.15, -0.1) is 0 Å². The molecule has 2 saturated heterocycles. The Hall–Kier alpha value is -1.53. The first kappa shape index (κ1) is 16.0. The largest absolute Gasteiger partial charge is 0.396 e. The third-order valence-electron chi connectivity index (χ3n) is 5.94. The van der Waals surface area contributed by atoms with Gasteiger partial charge in [0.05, 0.1) is 12.8 Å². The van der Waals surface area contributed by atoms with Crippen molar-refractivity contribution in [2.75, 3.05) is 32.8 Å². The number of hydrogen-bond donors (Lipinski definition) is 1. The van der Waals surface area contributed by atoms with E-state index in [0.717, 1.165) is 32.4 Å². The number of rotatable bonds is 4. The number of carbonyl (C=O) groups is 1. The van der Waals surface area contributed by atoms with Gasteiger partial charge in [-0.05, 0) is 31.2 Å². The second-order valence-corrected chi connectivity index (χ2v) is 7.68. The average molecular weight is 333 g/mol. The third kappa shape index (κ3) is 2.82. The minimum Gasteiger partial charge on any atom is -0.396 e. The van der Waals surface area contributed by atoms with Gasteiger partial charge in [0.1, 0.15) is 5.82 Å². The molecule has 0 unspecified atom stereocenters. The van der Waals surface area contributed by atoms with E-state index in [1.54, 1.807) is 12.3 Å². The number of aliphatic hydroxyl groups is 1. The van der Waals surface area contributed by atoms with Crippen LogP contribution in [0.4, 0.5) is 4.39 Å². The molecule has 2 atom stereocenters. The van der Waals surface area contributed by atoms with Crippen LogP contribution in [0.2, 0.25) is 0 Å².